The van der Waals surface area contributed by atoms with Gasteiger partial charge in [-0.2, -0.15) is 0 Å². The van der Waals surface area contributed by atoms with Crippen LogP contribution in [0.3, 0.4) is 0 Å². The SMILES string of the molecule is CCCC(=O)N[C@@H](C)C(=O)OCCOCCNC(=O)[C@H](Cc1ccccc1)NC(=O)[C@H](C)[C@@H](OC)[C@@H]1CCCN1C(=O)C[C@@H](OC)C([C@@H](C)CC)N(C)C(=O)[C@@H](NC(=O)[C@H](C(C)C)N(C)C)C(C)C. The molecule has 0 bridgehead atoms. The van der Waals surface area contributed by atoms with Crippen molar-refractivity contribution >= 4 is 41.4 Å². The number of ether oxygens (including phenoxy) is 4. The Morgan fingerprint density at radius 1 is 0.797 bits per heavy atom. The van der Waals surface area contributed by atoms with Crippen molar-refractivity contribution in [1.29, 1.82) is 0 Å². The Hall–Kier alpha value is -4.65. The van der Waals surface area contributed by atoms with Gasteiger partial charge in [0.05, 0.1) is 55.9 Å². The van der Waals surface area contributed by atoms with Crippen LogP contribution in [0.5, 0.6) is 0 Å². The lowest BCUT2D eigenvalue weighted by Crippen LogP contribution is -2.59. The van der Waals surface area contributed by atoms with Crippen LogP contribution in [0.2, 0.25) is 0 Å². The molecule has 0 spiro atoms. The summed E-state index contributed by atoms with van der Waals surface area (Å²) in [5.41, 5.74) is 0.837. The van der Waals surface area contributed by atoms with Crippen molar-refractivity contribution in [1.82, 2.24) is 36.0 Å². The topological polar surface area (TPSA) is 214 Å². The van der Waals surface area contributed by atoms with Crippen molar-refractivity contribution in [3.63, 3.8) is 0 Å². The molecule has 1 aromatic carbocycles. The van der Waals surface area contributed by atoms with Gasteiger partial charge in [0, 0.05) is 47.2 Å². The van der Waals surface area contributed by atoms with Gasteiger partial charge in [0.2, 0.25) is 35.4 Å². The Balaban J connectivity index is 2.17. The van der Waals surface area contributed by atoms with Gasteiger partial charge >= 0.3 is 5.97 Å². The van der Waals surface area contributed by atoms with E-state index < -0.39 is 72.2 Å². The van der Waals surface area contributed by atoms with Crippen molar-refractivity contribution in [2.45, 2.75) is 156 Å². The molecule has 18 heteroatoms. The lowest BCUT2D eigenvalue weighted by Gasteiger charge is -2.41. The summed E-state index contributed by atoms with van der Waals surface area (Å²) in [5.74, 6) is -3.34. The highest BCUT2D eigenvalue weighted by Gasteiger charge is 2.43. The number of amides is 6. The molecule has 0 aromatic heterocycles. The first kappa shape index (κ1) is 60.5. The number of nitrogens with one attached hydrogen (secondary N) is 4. The lowest BCUT2D eigenvalue weighted by atomic mass is 9.89. The van der Waals surface area contributed by atoms with Gasteiger partial charge in [-0.25, -0.2) is 4.79 Å². The minimum absolute atomic E-state index is 0.0184. The van der Waals surface area contributed by atoms with Crippen LogP contribution in [0, 0.1) is 23.7 Å². The van der Waals surface area contributed by atoms with Crippen molar-refractivity contribution in [3.8, 4) is 0 Å². The summed E-state index contributed by atoms with van der Waals surface area (Å²) in [4.78, 5) is 99.3. The van der Waals surface area contributed by atoms with Gasteiger partial charge in [-0.15, -0.1) is 0 Å². The largest absolute Gasteiger partial charge is 0.462 e. The molecule has 0 saturated carbocycles. The molecule has 1 unspecified atom stereocenters. The number of hydrogen-bond acceptors (Lipinski definition) is 12. The van der Waals surface area contributed by atoms with E-state index in [0.29, 0.717) is 38.6 Å². The molecule has 1 aliphatic heterocycles. The number of carbonyl (C=O) groups excluding carboxylic acids is 7. The Labute approximate surface area is 412 Å². The van der Waals surface area contributed by atoms with E-state index in [9.17, 15) is 33.6 Å². The monoisotopic (exact) mass is 974 g/mol. The second-order valence-corrected chi connectivity index (χ2v) is 19.3. The fourth-order valence-corrected chi connectivity index (χ4v) is 9.17. The van der Waals surface area contributed by atoms with Crippen molar-refractivity contribution in [2.24, 2.45) is 23.7 Å². The Morgan fingerprint density at radius 2 is 1.46 bits per heavy atom. The molecule has 10 atom stereocenters. The summed E-state index contributed by atoms with van der Waals surface area (Å²) in [6.07, 6.45) is 1.76. The normalized spacial score (nSPS) is 17.8. The van der Waals surface area contributed by atoms with E-state index in [4.69, 9.17) is 18.9 Å². The average molecular weight is 974 g/mol. The molecule has 0 aliphatic carbocycles. The molecule has 2 rings (SSSR count). The lowest BCUT2D eigenvalue weighted by molar-refractivity contribution is -0.148. The van der Waals surface area contributed by atoms with E-state index in [1.165, 1.54) is 7.11 Å². The smallest absolute Gasteiger partial charge is 0.328 e. The third-order valence-corrected chi connectivity index (χ3v) is 13.1. The first-order valence-electron chi connectivity index (χ1n) is 24.9. The Morgan fingerprint density at radius 3 is 2.03 bits per heavy atom. The third kappa shape index (κ3) is 18.9. The van der Waals surface area contributed by atoms with Gasteiger partial charge < -0.3 is 50.0 Å². The van der Waals surface area contributed by atoms with Gasteiger partial charge in [-0.3, -0.25) is 33.7 Å². The maximum atomic E-state index is 14.4. The minimum atomic E-state index is -0.945. The van der Waals surface area contributed by atoms with E-state index in [0.717, 1.165) is 5.56 Å². The number of hydrogen-bond donors (Lipinski definition) is 4. The second kappa shape index (κ2) is 30.8. The zero-order valence-electron chi connectivity index (χ0n) is 44.1. The van der Waals surface area contributed by atoms with Gasteiger partial charge in [0.15, 0.2) is 0 Å². The van der Waals surface area contributed by atoms with Gasteiger partial charge in [0.25, 0.3) is 0 Å². The molecule has 1 fully saturated rings. The fourth-order valence-electron chi connectivity index (χ4n) is 9.17. The number of esters is 1. The standard InChI is InChI=1S/C51H87N7O11/c1-15-21-41(59)53-36(9)51(65)69-29-28-68-27-25-52-48(62)38(30-37-22-18-17-19-23-37)54-47(61)35(8)46(67-14)39-24-20-26-58(39)42(60)31-40(66-13)45(34(7)16-2)57(12)50(64)43(32(3)4)55-49(63)44(33(5)6)56(10)11/h17-19,22-23,32-36,38-40,43-46H,15-16,20-21,24-31H2,1-14H3,(H,52,62)(H,53,59)(H,54,61)(H,55,63)/t34-,35+,36-,38-,39-,40+,43-,44-,45?,46+/m0/s1. The number of nitrogens with zero attached hydrogens (tertiary/aromatic N) is 3. The number of rotatable bonds is 31. The molecule has 69 heavy (non-hydrogen) atoms. The van der Waals surface area contributed by atoms with Crippen molar-refractivity contribution < 1.29 is 52.5 Å². The highest BCUT2D eigenvalue weighted by atomic mass is 16.6. The minimum Gasteiger partial charge on any atom is -0.462 e. The predicted octanol–water partition coefficient (Wildman–Crippen LogP) is 3.34. The Bertz CT molecular complexity index is 1760. The fraction of sp³-hybridized carbons (Fsp3) is 0.745. The van der Waals surface area contributed by atoms with Crippen molar-refractivity contribution in [2.75, 3.05) is 68.3 Å². The van der Waals surface area contributed by atoms with Crippen LogP contribution in [0.15, 0.2) is 30.3 Å². The number of likely N-dealkylation sites (tertiary alicyclic amines) is 1. The highest BCUT2D eigenvalue weighted by molar-refractivity contribution is 5.91. The zero-order chi connectivity index (χ0) is 52.0. The van der Waals surface area contributed by atoms with Crippen LogP contribution in [-0.2, 0) is 58.9 Å². The molecule has 1 aliphatic rings. The summed E-state index contributed by atoms with van der Waals surface area (Å²) in [6.45, 7) is 17.7. The van der Waals surface area contributed by atoms with E-state index in [1.54, 1.807) is 37.8 Å². The van der Waals surface area contributed by atoms with Gasteiger partial charge in [-0.05, 0) is 63.6 Å². The molecule has 1 saturated heterocycles. The first-order valence-corrected chi connectivity index (χ1v) is 24.9. The van der Waals surface area contributed by atoms with Crippen LogP contribution in [0.25, 0.3) is 0 Å². The van der Waals surface area contributed by atoms with Crippen LogP contribution in [0.4, 0.5) is 0 Å². The summed E-state index contributed by atoms with van der Waals surface area (Å²) < 4.78 is 22.8. The van der Waals surface area contributed by atoms with Gasteiger partial charge in [0.1, 0.15) is 24.7 Å². The highest BCUT2D eigenvalue weighted by Crippen LogP contribution is 2.30. The molecule has 1 aromatic rings. The van der Waals surface area contributed by atoms with Crippen LogP contribution in [-0.4, -0.2) is 173 Å². The number of benzene rings is 1. The Kier molecular flexibility index (Phi) is 27.0. The molecule has 1 heterocycles. The summed E-state index contributed by atoms with van der Waals surface area (Å²) in [6, 6.07) is 5.42. The van der Waals surface area contributed by atoms with Crippen LogP contribution in [0.1, 0.15) is 106 Å². The third-order valence-electron chi connectivity index (χ3n) is 13.1. The van der Waals surface area contributed by atoms with E-state index in [-0.39, 0.29) is 80.6 Å². The summed E-state index contributed by atoms with van der Waals surface area (Å²) in [7, 11) is 8.46. The van der Waals surface area contributed by atoms with E-state index in [1.807, 2.05) is 97.8 Å². The number of carbonyl (C=O) groups is 7. The van der Waals surface area contributed by atoms with Gasteiger partial charge in [-0.1, -0.05) is 92.1 Å². The van der Waals surface area contributed by atoms with E-state index in [2.05, 4.69) is 21.3 Å². The first-order chi connectivity index (χ1) is 32.6. The molecular formula is C51H87N7O11. The summed E-state index contributed by atoms with van der Waals surface area (Å²) >= 11 is 0. The zero-order valence-corrected chi connectivity index (χ0v) is 44.1. The van der Waals surface area contributed by atoms with E-state index >= 15 is 0 Å². The number of likely N-dealkylation sites (N-methyl/N-ethyl adjacent to an activating group) is 2. The predicted molar refractivity (Wildman–Crippen MR) is 265 cm³/mol. The maximum absolute atomic E-state index is 14.4. The molecule has 18 nitrogen and oxygen atoms in total. The number of methoxy groups -OCH3 is 2. The quantitative estimate of drug-likeness (QED) is 0.0624. The molecular weight excluding hydrogens is 887 g/mol. The van der Waals surface area contributed by atoms with Crippen molar-refractivity contribution in [3.05, 3.63) is 35.9 Å². The molecule has 0 radical (unpaired) electrons. The average Bonchev–Trinajstić information content (AvgIpc) is 3.79. The molecule has 6 amide bonds. The molecule has 4 N–H and O–H groups in total. The van der Waals surface area contributed by atoms with Crippen LogP contribution < -0.4 is 21.3 Å². The maximum Gasteiger partial charge on any atom is 0.328 e. The van der Waals surface area contributed by atoms with Crippen LogP contribution >= 0.6 is 0 Å². The molecule has 392 valence electrons. The summed E-state index contributed by atoms with van der Waals surface area (Å²) in [5, 5.41) is 11.4. The second-order valence-electron chi connectivity index (χ2n) is 19.3.